The summed E-state index contributed by atoms with van der Waals surface area (Å²) < 4.78 is 0. The second kappa shape index (κ2) is 7.13. The van der Waals surface area contributed by atoms with Crippen molar-refractivity contribution in [3.63, 3.8) is 0 Å². The molecule has 6 heteroatoms. The predicted molar refractivity (Wildman–Crippen MR) is 92.8 cm³/mol. The number of nitrogens with zero attached hydrogens (tertiary/aromatic N) is 2. The van der Waals surface area contributed by atoms with E-state index >= 15 is 0 Å². The van der Waals surface area contributed by atoms with Crippen molar-refractivity contribution in [3.05, 3.63) is 51.5 Å². The molecule has 2 aromatic rings. The van der Waals surface area contributed by atoms with Crippen LogP contribution in [-0.2, 0) is 6.42 Å². The summed E-state index contributed by atoms with van der Waals surface area (Å²) in [6.45, 7) is 3.44. The van der Waals surface area contributed by atoms with Crippen LogP contribution in [0.3, 0.4) is 0 Å². The van der Waals surface area contributed by atoms with Crippen molar-refractivity contribution in [2.24, 2.45) is 0 Å². The number of aromatic nitrogens is 1. The number of likely N-dealkylation sites (tertiary alicyclic amines) is 1. The third kappa shape index (κ3) is 3.48. The lowest BCUT2D eigenvalue weighted by molar-refractivity contribution is 0.0697. The molecule has 0 radical (unpaired) electrons. The molecule has 3 rings (SSSR count). The Labute approximate surface area is 145 Å². The Morgan fingerprint density at radius 2 is 2.17 bits per heavy atom. The smallest absolute Gasteiger partial charge is 0.335 e. The van der Waals surface area contributed by atoms with Gasteiger partial charge >= 0.3 is 5.97 Å². The van der Waals surface area contributed by atoms with Crippen molar-refractivity contribution in [2.45, 2.75) is 32.1 Å². The zero-order valence-electron chi connectivity index (χ0n) is 13.6. The Hall–Kier alpha value is -2.21. The van der Waals surface area contributed by atoms with Crippen molar-refractivity contribution in [3.8, 4) is 0 Å². The van der Waals surface area contributed by atoms with Crippen LogP contribution in [0.25, 0.3) is 0 Å². The number of carbonyl (C=O) groups excluding carboxylic acids is 1. The molecule has 1 atom stereocenters. The molecule has 1 fully saturated rings. The van der Waals surface area contributed by atoms with Gasteiger partial charge in [0.2, 0.25) is 0 Å². The number of carboxylic acids is 1. The Morgan fingerprint density at radius 3 is 2.88 bits per heavy atom. The fraction of sp³-hybridized carbons (Fsp3) is 0.389. The largest absolute Gasteiger partial charge is 0.478 e. The van der Waals surface area contributed by atoms with Gasteiger partial charge in [-0.25, -0.2) is 9.78 Å². The Balaban J connectivity index is 1.75. The molecule has 0 saturated carbocycles. The summed E-state index contributed by atoms with van der Waals surface area (Å²) in [6, 6.07) is 6.25. The molecule has 1 aliphatic rings. The lowest BCUT2D eigenvalue weighted by atomic mass is 9.97. The molecule has 1 amide bonds. The summed E-state index contributed by atoms with van der Waals surface area (Å²) in [6.07, 6.45) is 2.90. The number of hydrogen-bond donors (Lipinski definition) is 1. The first-order valence-electron chi connectivity index (χ1n) is 8.15. The van der Waals surface area contributed by atoms with Crippen LogP contribution in [0.4, 0.5) is 0 Å². The number of hydrogen-bond acceptors (Lipinski definition) is 4. The summed E-state index contributed by atoms with van der Waals surface area (Å²) in [5.41, 5.74) is 1.68. The average Bonchev–Trinajstić information content (AvgIpc) is 3.10. The molecule has 0 spiro atoms. The maximum Gasteiger partial charge on any atom is 0.335 e. The van der Waals surface area contributed by atoms with E-state index < -0.39 is 5.97 Å². The lowest BCUT2D eigenvalue weighted by Gasteiger charge is -2.32. The minimum absolute atomic E-state index is 0.102. The molecule has 0 aliphatic carbocycles. The van der Waals surface area contributed by atoms with Crippen LogP contribution in [0.15, 0.2) is 29.6 Å². The SMILES string of the molecule is CCc1csc(C2CCCN(C(=O)c3cccc(C(=O)O)c3)C2)n1. The van der Waals surface area contributed by atoms with Crippen LogP contribution in [-0.4, -0.2) is 40.0 Å². The third-order valence-electron chi connectivity index (χ3n) is 4.35. The fourth-order valence-electron chi connectivity index (χ4n) is 3.00. The quantitative estimate of drug-likeness (QED) is 0.922. The summed E-state index contributed by atoms with van der Waals surface area (Å²) in [4.78, 5) is 30.3. The zero-order valence-corrected chi connectivity index (χ0v) is 14.4. The van der Waals surface area contributed by atoms with E-state index in [1.54, 1.807) is 23.5 Å². The highest BCUT2D eigenvalue weighted by atomic mass is 32.1. The number of piperidine rings is 1. The number of amides is 1. The molecule has 24 heavy (non-hydrogen) atoms. The van der Waals surface area contributed by atoms with Gasteiger partial charge in [-0.1, -0.05) is 13.0 Å². The van der Waals surface area contributed by atoms with Gasteiger partial charge in [0.15, 0.2) is 0 Å². The summed E-state index contributed by atoms with van der Waals surface area (Å²) >= 11 is 1.67. The van der Waals surface area contributed by atoms with Crippen molar-refractivity contribution < 1.29 is 14.7 Å². The van der Waals surface area contributed by atoms with Crippen molar-refractivity contribution in [1.29, 1.82) is 0 Å². The topological polar surface area (TPSA) is 70.5 Å². The van der Waals surface area contributed by atoms with Crippen molar-refractivity contribution >= 4 is 23.2 Å². The maximum absolute atomic E-state index is 12.7. The molecule has 1 aromatic carbocycles. The van der Waals surface area contributed by atoms with Gasteiger partial charge in [0.05, 0.1) is 16.3 Å². The van der Waals surface area contributed by atoms with Crippen LogP contribution in [0, 0.1) is 0 Å². The molecule has 1 aliphatic heterocycles. The molecular formula is C18H20N2O3S. The summed E-state index contributed by atoms with van der Waals surface area (Å²) in [7, 11) is 0. The minimum atomic E-state index is -1.02. The Bertz CT molecular complexity index is 756. The van der Waals surface area contributed by atoms with E-state index in [-0.39, 0.29) is 17.4 Å². The normalized spacial score (nSPS) is 17.7. The van der Waals surface area contributed by atoms with E-state index in [0.29, 0.717) is 18.7 Å². The van der Waals surface area contributed by atoms with Gasteiger partial charge in [0.25, 0.3) is 5.91 Å². The van der Waals surface area contributed by atoms with Crippen molar-refractivity contribution in [1.82, 2.24) is 9.88 Å². The van der Waals surface area contributed by atoms with Crippen molar-refractivity contribution in [2.75, 3.05) is 13.1 Å². The number of aryl methyl sites for hydroxylation is 1. The molecule has 1 unspecified atom stereocenters. The third-order valence-corrected chi connectivity index (χ3v) is 5.40. The predicted octanol–water partition coefficient (Wildman–Crippen LogP) is 3.42. The summed E-state index contributed by atoms with van der Waals surface area (Å²) in [5, 5.41) is 12.3. The van der Waals surface area contributed by atoms with E-state index in [1.165, 1.54) is 12.1 Å². The number of thiazole rings is 1. The number of aromatic carboxylic acids is 1. The zero-order chi connectivity index (χ0) is 17.1. The number of carboxylic acid groups (broad SMARTS) is 1. The van der Waals surface area contributed by atoms with Gasteiger partial charge in [0, 0.05) is 30.0 Å². The van der Waals surface area contributed by atoms with Gasteiger partial charge < -0.3 is 10.0 Å². The highest BCUT2D eigenvalue weighted by Gasteiger charge is 2.27. The first kappa shape index (κ1) is 16.6. The second-order valence-electron chi connectivity index (χ2n) is 6.01. The average molecular weight is 344 g/mol. The first-order chi connectivity index (χ1) is 11.6. The van der Waals surface area contributed by atoms with Gasteiger partial charge in [-0.05, 0) is 37.5 Å². The van der Waals surface area contributed by atoms with E-state index in [4.69, 9.17) is 5.11 Å². The molecular weight excluding hydrogens is 324 g/mol. The highest BCUT2D eigenvalue weighted by Crippen LogP contribution is 2.30. The standard InChI is InChI=1S/C18H20N2O3S/c1-2-15-11-24-16(19-15)14-7-4-8-20(10-14)17(21)12-5-3-6-13(9-12)18(22)23/h3,5-6,9,11,14H,2,4,7-8,10H2,1H3,(H,22,23). The van der Waals surface area contributed by atoms with E-state index in [9.17, 15) is 9.59 Å². The lowest BCUT2D eigenvalue weighted by Crippen LogP contribution is -2.39. The molecule has 1 saturated heterocycles. The number of benzene rings is 1. The molecule has 126 valence electrons. The fourth-order valence-corrected chi connectivity index (χ4v) is 4.03. The molecule has 0 bridgehead atoms. The Morgan fingerprint density at radius 1 is 1.38 bits per heavy atom. The van der Waals surface area contributed by atoms with Crippen LogP contribution in [0.2, 0.25) is 0 Å². The first-order valence-corrected chi connectivity index (χ1v) is 9.03. The van der Waals surface area contributed by atoms with Gasteiger partial charge in [-0.15, -0.1) is 11.3 Å². The van der Waals surface area contributed by atoms with Gasteiger partial charge in [-0.3, -0.25) is 4.79 Å². The van der Waals surface area contributed by atoms with E-state index in [2.05, 4.69) is 17.3 Å². The van der Waals surface area contributed by atoms with E-state index in [1.807, 2.05) is 4.90 Å². The monoisotopic (exact) mass is 344 g/mol. The van der Waals surface area contributed by atoms with Crippen LogP contribution >= 0.6 is 11.3 Å². The second-order valence-corrected chi connectivity index (χ2v) is 6.90. The van der Waals surface area contributed by atoms with Crippen LogP contribution in [0.5, 0.6) is 0 Å². The molecule has 1 N–H and O–H groups in total. The Kier molecular flexibility index (Phi) is 4.94. The minimum Gasteiger partial charge on any atom is -0.478 e. The molecule has 5 nitrogen and oxygen atoms in total. The van der Waals surface area contributed by atoms with Crippen LogP contribution < -0.4 is 0 Å². The highest BCUT2D eigenvalue weighted by molar-refractivity contribution is 7.09. The van der Waals surface area contributed by atoms with E-state index in [0.717, 1.165) is 30.0 Å². The summed E-state index contributed by atoms with van der Waals surface area (Å²) in [5.74, 6) is -0.846. The molecule has 2 heterocycles. The maximum atomic E-state index is 12.7. The van der Waals surface area contributed by atoms with Gasteiger partial charge in [0.1, 0.15) is 0 Å². The van der Waals surface area contributed by atoms with Gasteiger partial charge in [-0.2, -0.15) is 0 Å². The number of carbonyl (C=O) groups is 2. The molecule has 1 aromatic heterocycles. The van der Waals surface area contributed by atoms with Crippen LogP contribution in [0.1, 0.15) is 57.1 Å². The number of rotatable bonds is 4.